The number of amides is 2. The Morgan fingerprint density at radius 3 is 2.64 bits per heavy atom. The van der Waals surface area contributed by atoms with Crippen LogP contribution in [0.5, 0.6) is 5.75 Å². The number of nitrogens with zero attached hydrogens (tertiary/aromatic N) is 2. The number of para-hydroxylation sites is 1. The zero-order chi connectivity index (χ0) is 27.3. The molecule has 2 aliphatic rings. The average molecular weight is 557 g/mol. The van der Waals surface area contributed by atoms with E-state index in [4.69, 9.17) is 16.3 Å². The third-order valence-corrected chi connectivity index (χ3v) is 7.92. The van der Waals surface area contributed by atoms with E-state index >= 15 is 0 Å². The monoisotopic (exact) mass is 556 g/mol. The third kappa shape index (κ3) is 4.25. The van der Waals surface area contributed by atoms with E-state index in [-0.39, 0.29) is 16.0 Å². The Balaban J connectivity index is 1.60. The Bertz CT molecular complexity index is 1890. The van der Waals surface area contributed by atoms with Crippen LogP contribution in [-0.4, -0.2) is 23.5 Å². The molecule has 1 atom stereocenters. The summed E-state index contributed by atoms with van der Waals surface area (Å²) in [6, 6.07) is 20.5. The van der Waals surface area contributed by atoms with Gasteiger partial charge in [0.25, 0.3) is 17.4 Å². The second-order valence-corrected chi connectivity index (χ2v) is 10.4. The van der Waals surface area contributed by atoms with Crippen LogP contribution in [-0.2, 0) is 9.59 Å². The van der Waals surface area contributed by atoms with Crippen molar-refractivity contribution in [2.75, 3.05) is 17.7 Å². The normalized spacial score (nSPS) is 17.2. The molecule has 0 saturated heterocycles. The molecule has 6 rings (SSSR count). The van der Waals surface area contributed by atoms with Crippen molar-refractivity contribution in [3.63, 3.8) is 0 Å². The topological polar surface area (TPSA) is 102 Å². The van der Waals surface area contributed by atoms with Gasteiger partial charge in [-0.15, -0.1) is 0 Å². The number of fused-ring (bicyclic) bond motifs is 2. The number of allylic oxidation sites excluding steroid dienone is 1. The summed E-state index contributed by atoms with van der Waals surface area (Å²) in [5.74, 6) is -0.203. The number of thiazole rings is 1. The van der Waals surface area contributed by atoms with Crippen molar-refractivity contribution in [2.24, 2.45) is 4.99 Å². The molecule has 0 radical (unpaired) electrons. The van der Waals surface area contributed by atoms with Gasteiger partial charge in [0.05, 0.1) is 30.0 Å². The molecular formula is C29H21ClN4O4S. The number of halogens is 1. The highest BCUT2D eigenvalue weighted by Gasteiger charge is 2.34. The number of benzene rings is 3. The zero-order valence-corrected chi connectivity index (χ0v) is 22.4. The van der Waals surface area contributed by atoms with Crippen molar-refractivity contribution in [3.05, 3.63) is 120 Å². The number of nitrogens with one attached hydrogen (secondary N) is 2. The maximum absolute atomic E-state index is 14.1. The van der Waals surface area contributed by atoms with Crippen molar-refractivity contribution < 1.29 is 14.3 Å². The molecule has 0 bridgehead atoms. The summed E-state index contributed by atoms with van der Waals surface area (Å²) in [4.78, 5) is 45.9. The van der Waals surface area contributed by atoms with E-state index in [1.54, 1.807) is 62.6 Å². The lowest BCUT2D eigenvalue weighted by Crippen LogP contribution is -2.41. The minimum absolute atomic E-state index is 0.220. The second-order valence-electron chi connectivity index (χ2n) is 9.02. The SMILES string of the molecule is COc1cccc([C@H]2C(C(=O)Nc3ccccc3)=C(C)N=c3s/c(=C4\C(=O)Nc5ccc(Cl)cc54)c(=O)n32)c1. The van der Waals surface area contributed by atoms with Gasteiger partial charge in [0.1, 0.15) is 10.3 Å². The number of carbonyl (C=O) groups is 2. The van der Waals surface area contributed by atoms with Crippen molar-refractivity contribution in [1.29, 1.82) is 0 Å². The second kappa shape index (κ2) is 9.68. The van der Waals surface area contributed by atoms with E-state index in [1.165, 1.54) is 4.57 Å². The molecule has 3 heterocycles. The summed E-state index contributed by atoms with van der Waals surface area (Å²) in [5, 5.41) is 6.17. The van der Waals surface area contributed by atoms with Crippen molar-refractivity contribution >= 4 is 51.7 Å². The molecule has 2 aliphatic heterocycles. The molecule has 1 aromatic heterocycles. The highest BCUT2D eigenvalue weighted by molar-refractivity contribution is 7.07. The predicted molar refractivity (Wildman–Crippen MR) is 151 cm³/mol. The molecule has 39 heavy (non-hydrogen) atoms. The molecule has 10 heteroatoms. The Morgan fingerprint density at radius 1 is 1.08 bits per heavy atom. The van der Waals surface area contributed by atoms with E-state index in [2.05, 4.69) is 15.6 Å². The van der Waals surface area contributed by atoms with E-state index in [0.717, 1.165) is 11.3 Å². The van der Waals surface area contributed by atoms with Gasteiger partial charge < -0.3 is 15.4 Å². The Labute approximate surface area is 231 Å². The lowest BCUT2D eigenvalue weighted by atomic mass is 9.95. The molecular weight excluding hydrogens is 536 g/mol. The smallest absolute Gasteiger partial charge is 0.271 e. The van der Waals surface area contributed by atoms with Crippen molar-refractivity contribution in [2.45, 2.75) is 13.0 Å². The molecule has 0 saturated carbocycles. The van der Waals surface area contributed by atoms with Crippen LogP contribution in [0.4, 0.5) is 11.4 Å². The van der Waals surface area contributed by atoms with Gasteiger partial charge in [-0.1, -0.05) is 53.3 Å². The number of aromatic nitrogens is 1. The summed E-state index contributed by atoms with van der Waals surface area (Å²) >= 11 is 7.33. The highest BCUT2D eigenvalue weighted by Crippen LogP contribution is 2.34. The quantitative estimate of drug-likeness (QED) is 0.398. The Kier molecular flexibility index (Phi) is 6.17. The van der Waals surface area contributed by atoms with Crippen LogP contribution in [0.3, 0.4) is 0 Å². The van der Waals surface area contributed by atoms with Gasteiger partial charge in [-0.05, 0) is 55.0 Å². The van der Waals surface area contributed by atoms with Gasteiger partial charge in [0.15, 0.2) is 4.80 Å². The highest BCUT2D eigenvalue weighted by atomic mass is 35.5. The number of hydrogen-bond acceptors (Lipinski definition) is 6. The number of hydrogen-bond donors (Lipinski definition) is 2. The van der Waals surface area contributed by atoms with E-state index in [1.807, 2.05) is 24.3 Å². The maximum Gasteiger partial charge on any atom is 0.271 e. The molecule has 2 amide bonds. The Morgan fingerprint density at radius 2 is 1.87 bits per heavy atom. The summed E-state index contributed by atoms with van der Waals surface area (Å²) in [6.45, 7) is 1.74. The summed E-state index contributed by atoms with van der Waals surface area (Å²) in [7, 11) is 1.55. The first-order chi connectivity index (χ1) is 18.9. The molecule has 3 aromatic carbocycles. The van der Waals surface area contributed by atoms with Crippen LogP contribution < -0.4 is 30.3 Å². The number of methoxy groups -OCH3 is 1. The summed E-state index contributed by atoms with van der Waals surface area (Å²) in [5.41, 5.74) is 2.99. The number of ether oxygens (including phenoxy) is 1. The fraction of sp³-hybridized carbons (Fsp3) is 0.103. The number of anilines is 2. The number of carbonyl (C=O) groups excluding carboxylic acids is 2. The first kappa shape index (κ1) is 24.8. The fourth-order valence-electron chi connectivity index (χ4n) is 4.87. The zero-order valence-electron chi connectivity index (χ0n) is 20.8. The van der Waals surface area contributed by atoms with Crippen LogP contribution in [0.15, 0.2) is 93.9 Å². The maximum atomic E-state index is 14.1. The van der Waals surface area contributed by atoms with Crippen LogP contribution in [0.1, 0.15) is 24.1 Å². The van der Waals surface area contributed by atoms with Crippen molar-refractivity contribution in [1.82, 2.24) is 4.57 Å². The van der Waals surface area contributed by atoms with Gasteiger partial charge in [-0.25, -0.2) is 4.99 Å². The van der Waals surface area contributed by atoms with E-state index < -0.39 is 17.5 Å². The molecule has 0 spiro atoms. The Hall–Kier alpha value is -4.47. The van der Waals surface area contributed by atoms with Gasteiger partial charge in [0, 0.05) is 22.0 Å². The minimum Gasteiger partial charge on any atom is -0.497 e. The first-order valence-corrected chi connectivity index (χ1v) is 13.2. The van der Waals surface area contributed by atoms with Crippen LogP contribution in [0, 0.1) is 0 Å². The predicted octanol–water partition coefficient (Wildman–Crippen LogP) is 3.86. The van der Waals surface area contributed by atoms with Crippen LogP contribution in [0.2, 0.25) is 5.02 Å². The van der Waals surface area contributed by atoms with E-state index in [0.29, 0.717) is 49.3 Å². The number of rotatable bonds is 4. The van der Waals surface area contributed by atoms with Gasteiger partial charge in [0.2, 0.25) is 0 Å². The first-order valence-electron chi connectivity index (χ1n) is 12.0. The van der Waals surface area contributed by atoms with Crippen LogP contribution in [0.25, 0.3) is 5.57 Å². The van der Waals surface area contributed by atoms with Crippen molar-refractivity contribution in [3.8, 4) is 5.75 Å². The third-order valence-electron chi connectivity index (χ3n) is 6.64. The molecule has 2 N–H and O–H groups in total. The summed E-state index contributed by atoms with van der Waals surface area (Å²) < 4.78 is 7.14. The van der Waals surface area contributed by atoms with Crippen LogP contribution >= 0.6 is 22.9 Å². The fourth-order valence-corrected chi connectivity index (χ4v) is 6.19. The molecule has 4 aromatic rings. The lowest BCUT2D eigenvalue weighted by molar-refractivity contribution is -0.113. The lowest BCUT2D eigenvalue weighted by Gasteiger charge is -2.25. The molecule has 194 valence electrons. The minimum atomic E-state index is -0.808. The molecule has 0 fully saturated rings. The van der Waals surface area contributed by atoms with E-state index in [9.17, 15) is 14.4 Å². The van der Waals surface area contributed by atoms with Gasteiger partial charge >= 0.3 is 0 Å². The van der Waals surface area contributed by atoms with Gasteiger partial charge in [-0.2, -0.15) is 0 Å². The molecule has 0 unspecified atom stereocenters. The summed E-state index contributed by atoms with van der Waals surface area (Å²) in [6.07, 6.45) is 0. The molecule has 8 nitrogen and oxygen atoms in total. The largest absolute Gasteiger partial charge is 0.497 e. The standard InChI is InChI=1S/C29H21ClN4O4S/c1-15-22(26(35)32-18-8-4-3-5-9-18)24(16-7-6-10-19(13-16)38-2)34-28(37)25(39-29(34)31-15)23-20-14-17(30)11-12-21(20)33-27(23)36/h3-14,24H,1-2H3,(H,32,35)(H,33,36)/b25-23-/t24-/m0/s1. The van der Waals surface area contributed by atoms with Gasteiger partial charge in [-0.3, -0.25) is 19.0 Å². The molecule has 0 aliphatic carbocycles. The average Bonchev–Trinajstić information content (AvgIpc) is 3.42.